The first-order valence-corrected chi connectivity index (χ1v) is 8.15. The minimum atomic E-state index is -1.16. The van der Waals surface area contributed by atoms with Gasteiger partial charge in [-0.25, -0.2) is 4.79 Å². The summed E-state index contributed by atoms with van der Waals surface area (Å²) in [7, 11) is 0. The van der Waals surface area contributed by atoms with Crippen LogP contribution in [0.3, 0.4) is 0 Å². The molecule has 2 aromatic rings. The molecule has 1 heterocycles. The Kier molecular flexibility index (Phi) is 5.08. The van der Waals surface area contributed by atoms with Crippen molar-refractivity contribution < 1.29 is 19.5 Å². The van der Waals surface area contributed by atoms with Crippen molar-refractivity contribution in [1.29, 1.82) is 0 Å². The summed E-state index contributed by atoms with van der Waals surface area (Å²) >= 11 is 0. The SMILES string of the molecule is O=C(O)C1=C(C(=O)c2ccccc2)N(CC(=O)c2ccccc2)C=CC1. The summed E-state index contributed by atoms with van der Waals surface area (Å²) in [6.45, 7) is -0.106. The highest BCUT2D eigenvalue weighted by Gasteiger charge is 2.29. The highest BCUT2D eigenvalue weighted by Crippen LogP contribution is 2.25. The number of rotatable bonds is 6. The van der Waals surface area contributed by atoms with Crippen LogP contribution in [0.2, 0.25) is 0 Å². The molecule has 3 rings (SSSR count). The van der Waals surface area contributed by atoms with Gasteiger partial charge in [0, 0.05) is 23.7 Å². The molecular weight excluding hydrogens is 330 g/mol. The topological polar surface area (TPSA) is 74.7 Å². The summed E-state index contributed by atoms with van der Waals surface area (Å²) in [5.41, 5.74) is 0.918. The molecule has 0 spiro atoms. The molecule has 0 aromatic heterocycles. The van der Waals surface area contributed by atoms with Crippen molar-refractivity contribution in [2.75, 3.05) is 6.54 Å². The fourth-order valence-electron chi connectivity index (χ4n) is 2.83. The number of benzene rings is 2. The highest BCUT2D eigenvalue weighted by molar-refractivity contribution is 6.13. The summed E-state index contributed by atoms with van der Waals surface area (Å²) in [6, 6.07) is 17.2. The second-order valence-corrected chi connectivity index (χ2v) is 5.83. The maximum absolute atomic E-state index is 12.9. The number of Topliss-reactive ketones (excluding diaryl/α,β-unsaturated/α-hetero) is 2. The fraction of sp³-hybridized carbons (Fsp3) is 0.0952. The summed E-state index contributed by atoms with van der Waals surface area (Å²) in [5.74, 6) is -1.76. The van der Waals surface area contributed by atoms with Crippen molar-refractivity contribution >= 4 is 17.5 Å². The number of hydrogen-bond donors (Lipinski definition) is 1. The monoisotopic (exact) mass is 347 g/mol. The molecule has 0 saturated carbocycles. The zero-order valence-electron chi connectivity index (χ0n) is 14.0. The van der Waals surface area contributed by atoms with Gasteiger partial charge >= 0.3 is 5.97 Å². The summed E-state index contributed by atoms with van der Waals surface area (Å²) in [4.78, 5) is 38.5. The minimum Gasteiger partial charge on any atom is -0.478 e. The molecule has 2 aromatic carbocycles. The van der Waals surface area contributed by atoms with E-state index >= 15 is 0 Å². The third-order valence-corrected chi connectivity index (χ3v) is 4.10. The van der Waals surface area contributed by atoms with Gasteiger partial charge in [-0.3, -0.25) is 9.59 Å². The van der Waals surface area contributed by atoms with Crippen molar-refractivity contribution in [2.45, 2.75) is 6.42 Å². The molecule has 0 radical (unpaired) electrons. The molecule has 5 nitrogen and oxygen atoms in total. The highest BCUT2D eigenvalue weighted by atomic mass is 16.4. The van der Waals surface area contributed by atoms with Gasteiger partial charge in [0.2, 0.25) is 5.78 Å². The molecule has 0 amide bonds. The Hall–Kier alpha value is -3.47. The second kappa shape index (κ2) is 7.61. The third-order valence-electron chi connectivity index (χ3n) is 4.10. The van der Waals surface area contributed by atoms with E-state index in [1.54, 1.807) is 66.9 Å². The smallest absolute Gasteiger partial charge is 0.334 e. The van der Waals surface area contributed by atoms with Gasteiger partial charge in [0.1, 0.15) is 5.70 Å². The van der Waals surface area contributed by atoms with Gasteiger partial charge in [-0.2, -0.15) is 0 Å². The molecule has 1 aliphatic heterocycles. The van der Waals surface area contributed by atoms with Crippen LogP contribution in [0.4, 0.5) is 0 Å². The van der Waals surface area contributed by atoms with Gasteiger partial charge in [-0.05, 0) is 0 Å². The first kappa shape index (κ1) is 17.4. The Morgan fingerprint density at radius 2 is 1.46 bits per heavy atom. The summed E-state index contributed by atoms with van der Waals surface area (Å²) in [5, 5.41) is 9.52. The molecule has 0 bridgehead atoms. The van der Waals surface area contributed by atoms with Gasteiger partial charge < -0.3 is 10.0 Å². The Morgan fingerprint density at radius 3 is 2.04 bits per heavy atom. The average Bonchev–Trinajstić information content (AvgIpc) is 2.68. The summed E-state index contributed by atoms with van der Waals surface area (Å²) < 4.78 is 0. The molecule has 0 aliphatic carbocycles. The number of allylic oxidation sites excluding steroid dienone is 2. The number of carboxylic acids is 1. The van der Waals surface area contributed by atoms with E-state index < -0.39 is 11.8 Å². The van der Waals surface area contributed by atoms with Crippen LogP contribution in [0.15, 0.2) is 84.2 Å². The van der Waals surface area contributed by atoms with Crippen LogP contribution in [0.25, 0.3) is 0 Å². The number of carboxylic acid groups (broad SMARTS) is 1. The van der Waals surface area contributed by atoms with Crippen molar-refractivity contribution in [3.63, 3.8) is 0 Å². The zero-order chi connectivity index (χ0) is 18.5. The Balaban J connectivity index is 1.96. The Morgan fingerprint density at radius 1 is 0.885 bits per heavy atom. The van der Waals surface area contributed by atoms with E-state index in [-0.39, 0.29) is 30.0 Å². The standard InChI is InChI=1S/C21H17NO4/c23-18(15-8-3-1-4-9-15)14-22-13-7-12-17(21(25)26)19(22)20(24)16-10-5-2-6-11-16/h1-11,13H,12,14H2,(H,25,26). The Labute approximate surface area is 150 Å². The number of carbonyl (C=O) groups excluding carboxylic acids is 2. The molecule has 0 fully saturated rings. The molecule has 1 N–H and O–H groups in total. The fourth-order valence-corrected chi connectivity index (χ4v) is 2.83. The maximum Gasteiger partial charge on any atom is 0.334 e. The van der Waals surface area contributed by atoms with Crippen LogP contribution in [-0.4, -0.2) is 34.1 Å². The molecule has 0 saturated heterocycles. The van der Waals surface area contributed by atoms with E-state index in [0.29, 0.717) is 11.1 Å². The normalized spacial score (nSPS) is 13.6. The van der Waals surface area contributed by atoms with Crippen LogP contribution in [0.5, 0.6) is 0 Å². The van der Waals surface area contributed by atoms with Crippen molar-refractivity contribution in [1.82, 2.24) is 4.90 Å². The lowest BCUT2D eigenvalue weighted by Crippen LogP contribution is -2.33. The third kappa shape index (κ3) is 3.62. The first-order chi connectivity index (χ1) is 12.6. The van der Waals surface area contributed by atoms with Crippen LogP contribution in [0, 0.1) is 0 Å². The molecule has 0 atom stereocenters. The van der Waals surface area contributed by atoms with E-state index in [9.17, 15) is 19.5 Å². The quantitative estimate of drug-likeness (QED) is 0.812. The molecule has 26 heavy (non-hydrogen) atoms. The average molecular weight is 347 g/mol. The van der Waals surface area contributed by atoms with Gasteiger partial charge in [0.25, 0.3) is 0 Å². The predicted octanol–water partition coefficient (Wildman–Crippen LogP) is 3.31. The van der Waals surface area contributed by atoms with E-state index in [2.05, 4.69) is 0 Å². The predicted molar refractivity (Wildman–Crippen MR) is 96.7 cm³/mol. The first-order valence-electron chi connectivity index (χ1n) is 8.15. The number of aliphatic carboxylic acids is 1. The number of ketones is 2. The molecule has 0 unspecified atom stereocenters. The van der Waals surface area contributed by atoms with Gasteiger partial charge in [-0.1, -0.05) is 66.7 Å². The molecule has 5 heteroatoms. The molecule has 130 valence electrons. The molecule has 1 aliphatic rings. The Bertz CT molecular complexity index is 898. The van der Waals surface area contributed by atoms with Crippen LogP contribution >= 0.6 is 0 Å². The van der Waals surface area contributed by atoms with Crippen LogP contribution < -0.4 is 0 Å². The van der Waals surface area contributed by atoms with Crippen molar-refractivity contribution in [2.24, 2.45) is 0 Å². The van der Waals surface area contributed by atoms with Crippen LogP contribution in [-0.2, 0) is 4.79 Å². The van der Waals surface area contributed by atoms with E-state index in [4.69, 9.17) is 0 Å². The lowest BCUT2D eigenvalue weighted by Gasteiger charge is -2.27. The number of carbonyl (C=O) groups is 3. The summed E-state index contributed by atoms with van der Waals surface area (Å²) in [6.07, 6.45) is 3.38. The van der Waals surface area contributed by atoms with Gasteiger partial charge in [0.05, 0.1) is 12.1 Å². The lowest BCUT2D eigenvalue weighted by molar-refractivity contribution is -0.132. The maximum atomic E-state index is 12.9. The molecular formula is C21H17NO4. The van der Waals surface area contributed by atoms with E-state index in [1.807, 2.05) is 6.07 Å². The van der Waals surface area contributed by atoms with Crippen molar-refractivity contribution in [3.05, 3.63) is 95.3 Å². The van der Waals surface area contributed by atoms with Gasteiger partial charge in [0.15, 0.2) is 5.78 Å². The zero-order valence-corrected chi connectivity index (χ0v) is 14.0. The lowest BCUT2D eigenvalue weighted by atomic mass is 9.98. The number of hydrogen-bond acceptors (Lipinski definition) is 4. The largest absolute Gasteiger partial charge is 0.478 e. The number of nitrogens with zero attached hydrogens (tertiary/aromatic N) is 1. The van der Waals surface area contributed by atoms with Crippen LogP contribution in [0.1, 0.15) is 27.1 Å². The van der Waals surface area contributed by atoms with Crippen molar-refractivity contribution in [3.8, 4) is 0 Å². The minimum absolute atomic E-state index is 0.0118. The van der Waals surface area contributed by atoms with Gasteiger partial charge in [-0.15, -0.1) is 0 Å². The van der Waals surface area contributed by atoms with E-state index in [1.165, 1.54) is 4.90 Å². The second-order valence-electron chi connectivity index (χ2n) is 5.83. The van der Waals surface area contributed by atoms with E-state index in [0.717, 1.165) is 0 Å².